The van der Waals surface area contributed by atoms with Gasteiger partial charge in [0.25, 0.3) is 0 Å². The van der Waals surface area contributed by atoms with Gasteiger partial charge in [-0.05, 0) is 69.9 Å². The molecule has 110 valence electrons. The van der Waals surface area contributed by atoms with E-state index in [1.807, 2.05) is 6.20 Å². The lowest BCUT2D eigenvalue weighted by Gasteiger charge is -2.29. The van der Waals surface area contributed by atoms with Gasteiger partial charge in [-0.25, -0.2) is 9.97 Å². The molecule has 0 bridgehead atoms. The zero-order valence-corrected chi connectivity index (χ0v) is 12.4. The fourth-order valence-corrected chi connectivity index (χ4v) is 3.66. The van der Waals surface area contributed by atoms with Crippen LogP contribution in [0, 0.1) is 5.92 Å². The second kappa shape index (κ2) is 5.78. The Morgan fingerprint density at radius 2 is 2.20 bits per heavy atom. The average molecular weight is 275 g/mol. The van der Waals surface area contributed by atoms with Crippen LogP contribution >= 0.6 is 0 Å². The number of hydrogen-bond acceptors (Lipinski definition) is 4. The molecular weight excluding hydrogens is 250 g/mol. The summed E-state index contributed by atoms with van der Waals surface area (Å²) < 4.78 is 6.06. The van der Waals surface area contributed by atoms with Crippen molar-refractivity contribution in [2.75, 3.05) is 13.2 Å². The quantitative estimate of drug-likeness (QED) is 0.916. The first-order valence-electron chi connectivity index (χ1n) is 7.96. The van der Waals surface area contributed by atoms with Crippen LogP contribution in [-0.4, -0.2) is 23.1 Å². The molecule has 0 spiro atoms. The van der Waals surface area contributed by atoms with Crippen molar-refractivity contribution in [2.45, 2.75) is 57.5 Å². The number of aryl methyl sites for hydroxylation is 1. The molecule has 3 rings (SSSR count). The van der Waals surface area contributed by atoms with Crippen LogP contribution < -0.4 is 5.73 Å². The molecule has 20 heavy (non-hydrogen) atoms. The highest BCUT2D eigenvalue weighted by atomic mass is 16.5. The van der Waals surface area contributed by atoms with Gasteiger partial charge < -0.3 is 10.5 Å². The molecule has 1 fully saturated rings. The Kier molecular flexibility index (Phi) is 4.03. The summed E-state index contributed by atoms with van der Waals surface area (Å²) >= 11 is 0. The van der Waals surface area contributed by atoms with E-state index in [0.717, 1.165) is 51.1 Å². The Morgan fingerprint density at radius 3 is 2.90 bits per heavy atom. The highest BCUT2D eigenvalue weighted by Gasteiger charge is 2.39. The lowest BCUT2D eigenvalue weighted by molar-refractivity contribution is -0.0459. The Bertz CT molecular complexity index is 469. The summed E-state index contributed by atoms with van der Waals surface area (Å²) in [6, 6.07) is 0. The first-order valence-corrected chi connectivity index (χ1v) is 7.96. The molecule has 1 aromatic rings. The maximum absolute atomic E-state index is 6.06. The molecule has 0 amide bonds. The summed E-state index contributed by atoms with van der Waals surface area (Å²) in [6.45, 7) is 3.56. The number of hydrogen-bond donors (Lipinski definition) is 1. The average Bonchev–Trinajstić information content (AvgIpc) is 2.96. The number of aromatic nitrogens is 2. The van der Waals surface area contributed by atoms with Crippen LogP contribution in [0.5, 0.6) is 0 Å². The first kappa shape index (κ1) is 14.0. The van der Waals surface area contributed by atoms with Gasteiger partial charge >= 0.3 is 0 Å². The summed E-state index contributed by atoms with van der Waals surface area (Å²) in [5.74, 6) is 1.52. The molecule has 4 heteroatoms. The minimum absolute atomic E-state index is 0.214. The van der Waals surface area contributed by atoms with E-state index in [9.17, 15) is 0 Å². The number of rotatable bonds is 4. The summed E-state index contributed by atoms with van der Waals surface area (Å²) in [5, 5.41) is 0. The van der Waals surface area contributed by atoms with Gasteiger partial charge in [0.2, 0.25) is 0 Å². The van der Waals surface area contributed by atoms with Gasteiger partial charge in [-0.1, -0.05) is 0 Å². The SMILES string of the molecule is CCOC1(c2ncc3c(n2)CCC(CN)C3)CCCC1. The molecular formula is C16H25N3O. The van der Waals surface area contributed by atoms with Gasteiger partial charge in [0.15, 0.2) is 5.82 Å². The lowest BCUT2D eigenvalue weighted by Crippen LogP contribution is -2.31. The standard InChI is InChI=1S/C16H25N3O/c1-2-20-16(7-3-4-8-16)15-18-11-13-9-12(10-17)5-6-14(13)19-15/h11-12H,2-10,17H2,1H3. The van der Waals surface area contributed by atoms with Crippen LogP contribution in [-0.2, 0) is 23.2 Å². The second-order valence-electron chi connectivity index (χ2n) is 6.14. The van der Waals surface area contributed by atoms with Gasteiger partial charge in [0.05, 0.1) is 0 Å². The highest BCUT2D eigenvalue weighted by Crippen LogP contribution is 2.41. The summed E-state index contributed by atoms with van der Waals surface area (Å²) in [4.78, 5) is 9.53. The molecule has 0 radical (unpaired) electrons. The predicted molar refractivity (Wildman–Crippen MR) is 78.4 cm³/mol. The minimum Gasteiger partial charge on any atom is -0.367 e. The maximum Gasteiger partial charge on any atom is 0.160 e. The van der Waals surface area contributed by atoms with E-state index in [-0.39, 0.29) is 5.60 Å². The Hall–Kier alpha value is -1.00. The highest BCUT2D eigenvalue weighted by molar-refractivity contribution is 5.23. The maximum atomic E-state index is 6.06. The van der Waals surface area contributed by atoms with Crippen molar-refractivity contribution in [3.8, 4) is 0 Å². The van der Waals surface area contributed by atoms with Crippen molar-refractivity contribution in [3.63, 3.8) is 0 Å². The number of fused-ring (bicyclic) bond motifs is 1. The molecule has 2 aliphatic rings. The molecule has 4 nitrogen and oxygen atoms in total. The van der Waals surface area contributed by atoms with Gasteiger partial charge in [0.1, 0.15) is 5.60 Å². The molecule has 0 aliphatic heterocycles. The fourth-order valence-electron chi connectivity index (χ4n) is 3.66. The molecule has 1 heterocycles. The lowest BCUT2D eigenvalue weighted by atomic mass is 9.87. The van der Waals surface area contributed by atoms with E-state index in [1.165, 1.54) is 24.1 Å². The normalized spacial score (nSPS) is 24.6. The van der Waals surface area contributed by atoms with Crippen molar-refractivity contribution in [2.24, 2.45) is 11.7 Å². The molecule has 2 aliphatic carbocycles. The monoisotopic (exact) mass is 275 g/mol. The van der Waals surface area contributed by atoms with Crippen molar-refractivity contribution >= 4 is 0 Å². The minimum atomic E-state index is -0.214. The molecule has 1 aromatic heterocycles. The smallest absolute Gasteiger partial charge is 0.160 e. The van der Waals surface area contributed by atoms with Crippen LogP contribution in [0.4, 0.5) is 0 Å². The number of nitrogens with zero attached hydrogens (tertiary/aromatic N) is 2. The van der Waals surface area contributed by atoms with Crippen molar-refractivity contribution in [1.82, 2.24) is 9.97 Å². The fraction of sp³-hybridized carbons (Fsp3) is 0.750. The summed E-state index contributed by atoms with van der Waals surface area (Å²) in [6.07, 6.45) is 9.81. The molecule has 0 saturated heterocycles. The zero-order valence-electron chi connectivity index (χ0n) is 12.4. The van der Waals surface area contributed by atoms with E-state index in [2.05, 4.69) is 11.9 Å². The third-order valence-electron chi connectivity index (χ3n) is 4.82. The van der Waals surface area contributed by atoms with Crippen LogP contribution in [0.15, 0.2) is 6.20 Å². The third-order valence-corrected chi connectivity index (χ3v) is 4.82. The third kappa shape index (κ3) is 2.47. The number of nitrogens with two attached hydrogens (primary N) is 1. The van der Waals surface area contributed by atoms with E-state index >= 15 is 0 Å². The predicted octanol–water partition coefficient (Wildman–Crippen LogP) is 2.35. The topological polar surface area (TPSA) is 61.0 Å². The van der Waals surface area contributed by atoms with E-state index < -0.39 is 0 Å². The van der Waals surface area contributed by atoms with Crippen molar-refractivity contribution < 1.29 is 4.74 Å². The van der Waals surface area contributed by atoms with Gasteiger partial charge in [0, 0.05) is 18.5 Å². The summed E-state index contributed by atoms with van der Waals surface area (Å²) in [7, 11) is 0. The van der Waals surface area contributed by atoms with Crippen LogP contribution in [0.25, 0.3) is 0 Å². The zero-order chi connectivity index (χ0) is 14.0. The van der Waals surface area contributed by atoms with Crippen LogP contribution in [0.3, 0.4) is 0 Å². The number of ether oxygens (including phenoxy) is 1. The van der Waals surface area contributed by atoms with Crippen molar-refractivity contribution in [3.05, 3.63) is 23.3 Å². The Morgan fingerprint density at radius 1 is 1.40 bits per heavy atom. The largest absolute Gasteiger partial charge is 0.367 e. The molecule has 1 unspecified atom stereocenters. The van der Waals surface area contributed by atoms with Crippen LogP contribution in [0.1, 0.15) is 56.1 Å². The molecule has 0 aromatic carbocycles. The van der Waals surface area contributed by atoms with Gasteiger partial charge in [-0.15, -0.1) is 0 Å². The van der Waals surface area contributed by atoms with E-state index in [0.29, 0.717) is 5.92 Å². The molecule has 1 atom stereocenters. The molecule has 1 saturated carbocycles. The van der Waals surface area contributed by atoms with Crippen LogP contribution in [0.2, 0.25) is 0 Å². The Labute approximate surface area is 121 Å². The first-order chi connectivity index (χ1) is 9.77. The van der Waals surface area contributed by atoms with Gasteiger partial charge in [-0.3, -0.25) is 0 Å². The van der Waals surface area contributed by atoms with E-state index in [4.69, 9.17) is 15.5 Å². The second-order valence-corrected chi connectivity index (χ2v) is 6.14. The van der Waals surface area contributed by atoms with E-state index in [1.54, 1.807) is 0 Å². The van der Waals surface area contributed by atoms with Crippen molar-refractivity contribution in [1.29, 1.82) is 0 Å². The summed E-state index contributed by atoms with van der Waals surface area (Å²) in [5.41, 5.74) is 8.10. The molecule has 2 N–H and O–H groups in total. The van der Waals surface area contributed by atoms with Gasteiger partial charge in [-0.2, -0.15) is 0 Å². The Balaban J connectivity index is 1.88.